The SMILES string of the molecule is CCc1ccccc1-c1ccc(OC[C@@H]2Cn3ccc(=O)nc3O2)cc1. The molecule has 2 heterocycles. The van der Waals surface area contributed by atoms with Gasteiger partial charge in [0.2, 0.25) is 0 Å². The molecular weight excluding hydrogens is 328 g/mol. The van der Waals surface area contributed by atoms with Gasteiger partial charge in [0.25, 0.3) is 11.6 Å². The van der Waals surface area contributed by atoms with E-state index < -0.39 is 0 Å². The van der Waals surface area contributed by atoms with E-state index in [0.717, 1.165) is 12.2 Å². The molecule has 3 aromatic rings. The van der Waals surface area contributed by atoms with Gasteiger partial charge in [-0.1, -0.05) is 43.3 Å². The average molecular weight is 348 g/mol. The lowest BCUT2D eigenvalue weighted by Gasteiger charge is -2.12. The van der Waals surface area contributed by atoms with E-state index in [1.54, 1.807) is 6.20 Å². The van der Waals surface area contributed by atoms with Crippen LogP contribution >= 0.6 is 0 Å². The van der Waals surface area contributed by atoms with Crippen LogP contribution in [0.3, 0.4) is 0 Å². The molecule has 0 saturated carbocycles. The molecule has 0 unspecified atom stereocenters. The van der Waals surface area contributed by atoms with E-state index in [2.05, 4.69) is 48.3 Å². The molecule has 1 aliphatic heterocycles. The number of benzene rings is 2. The van der Waals surface area contributed by atoms with Crippen LogP contribution in [0.1, 0.15) is 12.5 Å². The summed E-state index contributed by atoms with van der Waals surface area (Å²) in [7, 11) is 0. The van der Waals surface area contributed by atoms with Crippen LogP contribution in [-0.4, -0.2) is 22.3 Å². The maximum absolute atomic E-state index is 11.3. The summed E-state index contributed by atoms with van der Waals surface area (Å²) >= 11 is 0. The summed E-state index contributed by atoms with van der Waals surface area (Å²) in [5.41, 5.74) is 3.48. The highest BCUT2D eigenvalue weighted by Gasteiger charge is 2.23. The van der Waals surface area contributed by atoms with Gasteiger partial charge in [0.15, 0.2) is 6.10 Å². The lowest BCUT2D eigenvalue weighted by atomic mass is 9.98. The van der Waals surface area contributed by atoms with Crippen molar-refractivity contribution in [1.29, 1.82) is 0 Å². The first-order valence-electron chi connectivity index (χ1n) is 8.78. The standard InChI is InChI=1S/C21H20N2O3/c1-2-15-5-3-4-6-19(15)16-7-9-17(10-8-16)25-14-18-13-23-12-11-20(24)22-21(23)26-18/h3-12,18H,2,13-14H2,1H3/t18-/m0/s1. The summed E-state index contributed by atoms with van der Waals surface area (Å²) in [6.07, 6.45) is 2.56. The van der Waals surface area contributed by atoms with Crippen LogP contribution in [0.25, 0.3) is 11.1 Å². The molecule has 1 aliphatic rings. The van der Waals surface area contributed by atoms with Gasteiger partial charge in [0.1, 0.15) is 12.4 Å². The molecule has 132 valence electrons. The molecule has 0 radical (unpaired) electrons. The number of aromatic nitrogens is 2. The maximum Gasteiger partial charge on any atom is 0.300 e. The van der Waals surface area contributed by atoms with Crippen molar-refractivity contribution in [3.8, 4) is 22.9 Å². The van der Waals surface area contributed by atoms with Crippen molar-refractivity contribution in [3.63, 3.8) is 0 Å². The zero-order chi connectivity index (χ0) is 17.9. The van der Waals surface area contributed by atoms with E-state index in [-0.39, 0.29) is 11.7 Å². The number of ether oxygens (including phenoxy) is 2. The topological polar surface area (TPSA) is 53.4 Å². The Bertz CT molecular complexity index is 963. The van der Waals surface area contributed by atoms with Crippen LogP contribution in [0.15, 0.2) is 65.6 Å². The summed E-state index contributed by atoms with van der Waals surface area (Å²) in [5.74, 6) is 0.796. The lowest BCUT2D eigenvalue weighted by molar-refractivity contribution is 0.143. The van der Waals surface area contributed by atoms with Gasteiger partial charge in [-0.3, -0.25) is 9.36 Å². The van der Waals surface area contributed by atoms with Crippen LogP contribution in [-0.2, 0) is 13.0 Å². The number of fused-ring (bicyclic) bond motifs is 1. The molecule has 0 aliphatic carbocycles. The minimum Gasteiger partial charge on any atom is -0.490 e. The van der Waals surface area contributed by atoms with Crippen molar-refractivity contribution in [3.05, 3.63) is 76.7 Å². The highest BCUT2D eigenvalue weighted by molar-refractivity contribution is 5.67. The Morgan fingerprint density at radius 2 is 1.96 bits per heavy atom. The fourth-order valence-corrected chi connectivity index (χ4v) is 3.17. The molecule has 4 rings (SSSR count). The molecule has 0 bridgehead atoms. The van der Waals surface area contributed by atoms with Crippen LogP contribution in [0.4, 0.5) is 0 Å². The Hall–Kier alpha value is -3.08. The van der Waals surface area contributed by atoms with Crippen LogP contribution in [0.5, 0.6) is 11.8 Å². The van der Waals surface area contributed by atoms with Crippen molar-refractivity contribution in [1.82, 2.24) is 9.55 Å². The lowest BCUT2D eigenvalue weighted by Crippen LogP contribution is -2.23. The Balaban J connectivity index is 1.40. The van der Waals surface area contributed by atoms with E-state index in [4.69, 9.17) is 9.47 Å². The summed E-state index contributed by atoms with van der Waals surface area (Å²) in [5, 5.41) is 0. The molecule has 2 aromatic carbocycles. The van der Waals surface area contributed by atoms with Crippen molar-refractivity contribution in [2.45, 2.75) is 26.0 Å². The fraction of sp³-hybridized carbons (Fsp3) is 0.238. The number of nitrogens with zero attached hydrogens (tertiary/aromatic N) is 2. The third kappa shape index (κ3) is 3.33. The summed E-state index contributed by atoms with van der Waals surface area (Å²) < 4.78 is 13.3. The molecule has 1 atom stereocenters. The smallest absolute Gasteiger partial charge is 0.300 e. The molecular formula is C21H20N2O3. The van der Waals surface area contributed by atoms with Gasteiger partial charge in [-0.25, -0.2) is 0 Å². The van der Waals surface area contributed by atoms with Gasteiger partial charge in [-0.2, -0.15) is 4.98 Å². The first-order valence-corrected chi connectivity index (χ1v) is 8.78. The molecule has 0 amide bonds. The largest absolute Gasteiger partial charge is 0.490 e. The van der Waals surface area contributed by atoms with Gasteiger partial charge < -0.3 is 9.47 Å². The zero-order valence-corrected chi connectivity index (χ0v) is 14.6. The summed E-state index contributed by atoms with van der Waals surface area (Å²) in [4.78, 5) is 15.1. The van der Waals surface area contributed by atoms with Gasteiger partial charge in [0, 0.05) is 12.3 Å². The normalized spacial score (nSPS) is 15.3. The quantitative estimate of drug-likeness (QED) is 0.710. The first kappa shape index (κ1) is 16.4. The third-order valence-corrected chi connectivity index (χ3v) is 4.52. The highest BCUT2D eigenvalue weighted by atomic mass is 16.6. The van der Waals surface area contributed by atoms with E-state index in [9.17, 15) is 4.79 Å². The van der Waals surface area contributed by atoms with Crippen LogP contribution in [0, 0.1) is 0 Å². The number of aryl methyl sites for hydroxylation is 1. The molecule has 5 nitrogen and oxygen atoms in total. The zero-order valence-electron chi connectivity index (χ0n) is 14.6. The number of hydrogen-bond acceptors (Lipinski definition) is 4. The Labute approximate surface area is 151 Å². The summed E-state index contributed by atoms with van der Waals surface area (Å²) in [6.45, 7) is 3.20. The fourth-order valence-electron chi connectivity index (χ4n) is 3.17. The Kier molecular flexibility index (Phi) is 4.44. The average Bonchev–Trinajstić information content (AvgIpc) is 3.09. The van der Waals surface area contributed by atoms with Crippen molar-refractivity contribution >= 4 is 0 Å². The van der Waals surface area contributed by atoms with Gasteiger partial charge >= 0.3 is 0 Å². The van der Waals surface area contributed by atoms with Gasteiger partial charge in [-0.05, 0) is 35.2 Å². The van der Waals surface area contributed by atoms with Crippen molar-refractivity contribution in [2.75, 3.05) is 6.61 Å². The molecule has 5 heteroatoms. The Morgan fingerprint density at radius 1 is 1.15 bits per heavy atom. The second kappa shape index (κ2) is 7.04. The van der Waals surface area contributed by atoms with E-state index >= 15 is 0 Å². The van der Waals surface area contributed by atoms with Gasteiger partial charge in [-0.15, -0.1) is 0 Å². The van der Waals surface area contributed by atoms with E-state index in [0.29, 0.717) is 19.2 Å². The van der Waals surface area contributed by atoms with Crippen LogP contribution < -0.4 is 15.0 Å². The molecule has 0 saturated heterocycles. The van der Waals surface area contributed by atoms with Crippen LogP contribution in [0.2, 0.25) is 0 Å². The molecule has 0 fully saturated rings. The summed E-state index contributed by atoms with van der Waals surface area (Å²) in [6, 6.07) is 18.3. The van der Waals surface area contributed by atoms with E-state index in [1.807, 2.05) is 16.7 Å². The van der Waals surface area contributed by atoms with E-state index in [1.165, 1.54) is 22.8 Å². The maximum atomic E-state index is 11.3. The molecule has 26 heavy (non-hydrogen) atoms. The second-order valence-electron chi connectivity index (χ2n) is 6.29. The minimum absolute atomic E-state index is 0.148. The predicted octanol–water partition coefficient (Wildman–Crippen LogP) is 3.31. The van der Waals surface area contributed by atoms with Crippen molar-refractivity contribution < 1.29 is 9.47 Å². The molecule has 0 spiro atoms. The highest BCUT2D eigenvalue weighted by Crippen LogP contribution is 2.26. The number of hydrogen-bond donors (Lipinski definition) is 0. The first-order chi connectivity index (χ1) is 12.7. The van der Waals surface area contributed by atoms with Gasteiger partial charge in [0.05, 0.1) is 6.54 Å². The minimum atomic E-state index is -0.291. The Morgan fingerprint density at radius 3 is 2.77 bits per heavy atom. The number of rotatable bonds is 5. The molecule has 1 aromatic heterocycles. The van der Waals surface area contributed by atoms with Crippen molar-refractivity contribution in [2.24, 2.45) is 0 Å². The molecule has 0 N–H and O–H groups in total. The second-order valence-corrected chi connectivity index (χ2v) is 6.29. The monoisotopic (exact) mass is 348 g/mol. The third-order valence-electron chi connectivity index (χ3n) is 4.52. The predicted molar refractivity (Wildman–Crippen MR) is 99.7 cm³/mol.